The zero-order valence-electron chi connectivity index (χ0n) is 12.2. The van der Waals surface area contributed by atoms with Crippen molar-refractivity contribution >= 4 is 28.5 Å². The Morgan fingerprint density at radius 2 is 1.74 bits per heavy atom. The molecule has 3 aromatic rings. The van der Waals surface area contributed by atoms with E-state index in [-0.39, 0.29) is 17.9 Å². The van der Waals surface area contributed by atoms with Gasteiger partial charge in [0, 0.05) is 3.57 Å². The summed E-state index contributed by atoms with van der Waals surface area (Å²) in [6.45, 7) is 0. The molecule has 1 aliphatic rings. The van der Waals surface area contributed by atoms with E-state index in [1.165, 1.54) is 21.3 Å². The summed E-state index contributed by atoms with van der Waals surface area (Å²) in [4.78, 5) is 4.31. The van der Waals surface area contributed by atoms with Crippen LogP contribution in [0.25, 0.3) is 0 Å². The molecule has 1 N–H and O–H groups in total. The van der Waals surface area contributed by atoms with Crippen molar-refractivity contribution in [2.75, 3.05) is 5.32 Å². The van der Waals surface area contributed by atoms with Crippen LogP contribution < -0.4 is 5.32 Å². The van der Waals surface area contributed by atoms with Crippen molar-refractivity contribution in [2.45, 2.75) is 18.5 Å². The quantitative estimate of drug-likeness (QED) is 0.633. The number of halogens is 2. The SMILES string of the molecule is Fc1ccc([C@H]2C[C@H](c3ccc(I)cc3)Nc3ncnn32)cc1. The van der Waals surface area contributed by atoms with E-state index in [9.17, 15) is 4.39 Å². The molecule has 0 unspecified atom stereocenters. The van der Waals surface area contributed by atoms with Gasteiger partial charge in [-0.25, -0.2) is 9.07 Å². The average Bonchev–Trinajstić information content (AvgIpc) is 3.04. The second-order valence-corrected chi connectivity index (χ2v) is 6.83. The fourth-order valence-corrected chi connectivity index (χ4v) is 3.36. The smallest absolute Gasteiger partial charge is 0.222 e. The molecule has 0 spiro atoms. The first-order valence-electron chi connectivity index (χ1n) is 7.38. The summed E-state index contributed by atoms with van der Waals surface area (Å²) >= 11 is 2.30. The van der Waals surface area contributed by atoms with Gasteiger partial charge in [0.1, 0.15) is 12.1 Å². The van der Waals surface area contributed by atoms with Crippen molar-refractivity contribution in [3.05, 3.63) is 75.4 Å². The molecule has 2 aromatic carbocycles. The molecule has 1 aliphatic heterocycles. The van der Waals surface area contributed by atoms with E-state index in [2.05, 4.69) is 62.3 Å². The van der Waals surface area contributed by atoms with E-state index in [0.29, 0.717) is 0 Å². The second kappa shape index (κ2) is 5.92. The van der Waals surface area contributed by atoms with Crippen LogP contribution in [0.5, 0.6) is 0 Å². The molecule has 6 heteroatoms. The Balaban J connectivity index is 1.71. The standard InChI is InChI=1S/C17H14FIN4/c18-13-5-1-12(2-6-13)16-9-15(11-3-7-14(19)8-4-11)22-17-20-10-21-23(16)17/h1-8,10,15-16H,9H2,(H,20,21,22)/t15-,16-/m1/s1. The molecule has 0 aliphatic carbocycles. The van der Waals surface area contributed by atoms with Crippen molar-refractivity contribution in [3.8, 4) is 0 Å². The largest absolute Gasteiger partial charge is 0.348 e. The van der Waals surface area contributed by atoms with Crippen molar-refractivity contribution in [1.82, 2.24) is 14.8 Å². The van der Waals surface area contributed by atoms with E-state index in [1.807, 2.05) is 16.8 Å². The number of anilines is 1. The lowest BCUT2D eigenvalue weighted by atomic mass is 9.93. The predicted octanol–water partition coefficient (Wildman–Crippen LogP) is 4.17. The molecule has 116 valence electrons. The van der Waals surface area contributed by atoms with Gasteiger partial charge in [-0.2, -0.15) is 10.1 Å². The van der Waals surface area contributed by atoms with E-state index in [4.69, 9.17) is 0 Å². The third kappa shape index (κ3) is 2.83. The van der Waals surface area contributed by atoms with E-state index >= 15 is 0 Å². The van der Waals surface area contributed by atoms with Gasteiger partial charge < -0.3 is 5.32 Å². The molecule has 1 aromatic heterocycles. The lowest BCUT2D eigenvalue weighted by molar-refractivity contribution is 0.430. The number of hydrogen-bond acceptors (Lipinski definition) is 3. The average molecular weight is 420 g/mol. The Kier molecular flexibility index (Phi) is 3.76. The van der Waals surface area contributed by atoms with Crippen molar-refractivity contribution in [3.63, 3.8) is 0 Å². The Hall–Kier alpha value is -1.96. The van der Waals surface area contributed by atoms with Gasteiger partial charge in [-0.1, -0.05) is 24.3 Å². The molecule has 0 radical (unpaired) electrons. The van der Waals surface area contributed by atoms with Crippen LogP contribution in [0.2, 0.25) is 0 Å². The molecule has 23 heavy (non-hydrogen) atoms. The van der Waals surface area contributed by atoms with Gasteiger partial charge in [0.15, 0.2) is 0 Å². The molecule has 4 rings (SSSR count). The fraction of sp³-hybridized carbons (Fsp3) is 0.176. The third-order valence-electron chi connectivity index (χ3n) is 4.16. The monoisotopic (exact) mass is 420 g/mol. The molecule has 0 saturated heterocycles. The first kappa shape index (κ1) is 14.6. The van der Waals surface area contributed by atoms with Gasteiger partial charge in [0.25, 0.3) is 0 Å². The maximum absolute atomic E-state index is 13.2. The number of fused-ring (bicyclic) bond motifs is 1. The molecule has 0 saturated carbocycles. The Bertz CT molecular complexity index is 813. The van der Waals surface area contributed by atoms with Crippen LogP contribution in [-0.4, -0.2) is 14.8 Å². The van der Waals surface area contributed by atoms with Gasteiger partial charge in [-0.05, 0) is 64.4 Å². The topological polar surface area (TPSA) is 42.7 Å². The second-order valence-electron chi connectivity index (χ2n) is 5.58. The summed E-state index contributed by atoms with van der Waals surface area (Å²) < 4.78 is 16.3. The van der Waals surface area contributed by atoms with Crippen LogP contribution in [0.15, 0.2) is 54.9 Å². The van der Waals surface area contributed by atoms with E-state index < -0.39 is 0 Å². The molecule has 0 fully saturated rings. The van der Waals surface area contributed by atoms with Gasteiger partial charge in [0.2, 0.25) is 5.95 Å². The molecule has 2 heterocycles. The zero-order chi connectivity index (χ0) is 15.8. The number of hydrogen-bond donors (Lipinski definition) is 1. The van der Waals surface area contributed by atoms with Crippen molar-refractivity contribution in [1.29, 1.82) is 0 Å². The van der Waals surface area contributed by atoms with Crippen LogP contribution in [0.3, 0.4) is 0 Å². The van der Waals surface area contributed by atoms with Crippen LogP contribution in [0.1, 0.15) is 29.6 Å². The summed E-state index contributed by atoms with van der Waals surface area (Å²) in [7, 11) is 0. The van der Waals surface area contributed by atoms with Gasteiger partial charge >= 0.3 is 0 Å². The highest BCUT2D eigenvalue weighted by molar-refractivity contribution is 14.1. The lowest BCUT2D eigenvalue weighted by Gasteiger charge is -2.31. The summed E-state index contributed by atoms with van der Waals surface area (Å²) in [5.41, 5.74) is 2.25. The highest BCUT2D eigenvalue weighted by atomic mass is 127. The summed E-state index contributed by atoms with van der Waals surface area (Å²) in [6.07, 6.45) is 2.39. The first-order valence-corrected chi connectivity index (χ1v) is 8.45. The van der Waals surface area contributed by atoms with E-state index in [0.717, 1.165) is 17.9 Å². The molecular weight excluding hydrogens is 406 g/mol. The minimum Gasteiger partial charge on any atom is -0.348 e. The molecule has 0 amide bonds. The summed E-state index contributed by atoms with van der Waals surface area (Å²) in [5.74, 6) is 0.518. The number of nitrogens with one attached hydrogen (secondary N) is 1. The Morgan fingerprint density at radius 3 is 2.48 bits per heavy atom. The first-order chi connectivity index (χ1) is 11.2. The van der Waals surface area contributed by atoms with Crippen LogP contribution in [-0.2, 0) is 0 Å². The third-order valence-corrected chi connectivity index (χ3v) is 4.88. The number of benzene rings is 2. The van der Waals surface area contributed by atoms with Crippen LogP contribution in [0, 0.1) is 9.39 Å². The minimum absolute atomic E-state index is 0.0404. The highest BCUT2D eigenvalue weighted by Crippen LogP contribution is 2.37. The fourth-order valence-electron chi connectivity index (χ4n) is 3.00. The van der Waals surface area contributed by atoms with Crippen LogP contribution in [0.4, 0.5) is 10.3 Å². The summed E-state index contributed by atoms with van der Waals surface area (Å²) in [5, 5.41) is 7.76. The maximum atomic E-state index is 13.2. The molecule has 0 bridgehead atoms. The summed E-state index contributed by atoms with van der Waals surface area (Å²) in [6, 6.07) is 15.3. The highest BCUT2D eigenvalue weighted by Gasteiger charge is 2.29. The minimum atomic E-state index is -0.226. The number of rotatable bonds is 2. The van der Waals surface area contributed by atoms with Gasteiger partial charge in [-0.3, -0.25) is 0 Å². The molecular formula is C17H14FIN4. The molecule has 4 nitrogen and oxygen atoms in total. The van der Waals surface area contributed by atoms with Crippen LogP contribution >= 0.6 is 22.6 Å². The van der Waals surface area contributed by atoms with Crippen molar-refractivity contribution in [2.24, 2.45) is 0 Å². The normalized spacial score (nSPS) is 19.9. The zero-order valence-corrected chi connectivity index (χ0v) is 14.3. The number of nitrogens with zero attached hydrogens (tertiary/aromatic N) is 3. The number of aromatic nitrogens is 3. The molecule has 2 atom stereocenters. The Morgan fingerprint density at radius 1 is 1.04 bits per heavy atom. The van der Waals surface area contributed by atoms with E-state index in [1.54, 1.807) is 6.33 Å². The lowest BCUT2D eigenvalue weighted by Crippen LogP contribution is -2.28. The van der Waals surface area contributed by atoms with Gasteiger partial charge in [-0.15, -0.1) is 0 Å². The van der Waals surface area contributed by atoms with Gasteiger partial charge in [0.05, 0.1) is 12.1 Å². The maximum Gasteiger partial charge on any atom is 0.222 e. The van der Waals surface area contributed by atoms with Crippen molar-refractivity contribution < 1.29 is 4.39 Å². The predicted molar refractivity (Wildman–Crippen MR) is 94.7 cm³/mol. The Labute approximate surface area is 146 Å².